The van der Waals surface area contributed by atoms with Gasteiger partial charge >= 0.3 is 5.69 Å². The molecule has 104 valence electrons. The van der Waals surface area contributed by atoms with Crippen LogP contribution in [0.25, 0.3) is 0 Å². The van der Waals surface area contributed by atoms with Crippen LogP contribution in [0, 0.1) is 10.1 Å². The fraction of sp³-hybridized carbons (Fsp3) is 0.154. The van der Waals surface area contributed by atoms with Crippen molar-refractivity contribution in [1.29, 1.82) is 0 Å². The number of pyridine rings is 1. The predicted octanol–water partition coefficient (Wildman–Crippen LogP) is 3.46. The van der Waals surface area contributed by atoms with Crippen molar-refractivity contribution >= 4 is 17.3 Å². The molecule has 2 aromatic rings. The summed E-state index contributed by atoms with van der Waals surface area (Å²) in [6.45, 7) is 1.81. The maximum absolute atomic E-state index is 10.9. The molecule has 1 heterocycles. The Morgan fingerprint density at radius 2 is 2.15 bits per heavy atom. The first-order valence-electron chi connectivity index (χ1n) is 5.81. The summed E-state index contributed by atoms with van der Waals surface area (Å²) in [6.07, 6.45) is 1.45. The van der Waals surface area contributed by atoms with Crippen molar-refractivity contribution in [2.45, 2.75) is 13.0 Å². The van der Waals surface area contributed by atoms with E-state index in [1.165, 1.54) is 24.4 Å². The molecule has 0 bridgehead atoms. The van der Waals surface area contributed by atoms with Gasteiger partial charge < -0.3 is 10.5 Å². The minimum absolute atomic E-state index is 0.00508. The second kappa shape index (κ2) is 5.85. The molecular weight excluding hydrogens is 282 g/mol. The molecule has 1 aromatic carbocycles. The molecule has 7 heteroatoms. The van der Waals surface area contributed by atoms with E-state index in [4.69, 9.17) is 22.1 Å². The minimum Gasteiger partial charge on any atom is -0.447 e. The highest BCUT2D eigenvalue weighted by Gasteiger charge is 2.19. The quantitative estimate of drug-likeness (QED) is 0.688. The van der Waals surface area contributed by atoms with E-state index < -0.39 is 4.92 Å². The Labute approximate surface area is 120 Å². The van der Waals surface area contributed by atoms with E-state index in [1.54, 1.807) is 12.1 Å². The molecule has 1 aromatic heterocycles. The molecule has 2 rings (SSSR count). The molecule has 2 N–H and O–H groups in total. The maximum Gasteiger partial charge on any atom is 0.313 e. The normalized spacial score (nSPS) is 11.9. The summed E-state index contributed by atoms with van der Waals surface area (Å²) < 4.78 is 5.46. The van der Waals surface area contributed by atoms with Gasteiger partial charge in [-0.1, -0.05) is 17.7 Å². The van der Waals surface area contributed by atoms with Gasteiger partial charge in [0.1, 0.15) is 5.75 Å². The van der Waals surface area contributed by atoms with E-state index in [9.17, 15) is 10.1 Å². The Bertz CT molecular complexity index is 629. The molecule has 0 radical (unpaired) electrons. The van der Waals surface area contributed by atoms with Gasteiger partial charge in [0.05, 0.1) is 21.8 Å². The highest BCUT2D eigenvalue weighted by Crippen LogP contribution is 2.37. The van der Waals surface area contributed by atoms with Crippen LogP contribution in [0.3, 0.4) is 0 Å². The van der Waals surface area contributed by atoms with Crippen molar-refractivity contribution in [2.24, 2.45) is 5.73 Å². The smallest absolute Gasteiger partial charge is 0.313 e. The monoisotopic (exact) mass is 293 g/mol. The van der Waals surface area contributed by atoms with Crippen molar-refractivity contribution in [1.82, 2.24) is 4.98 Å². The van der Waals surface area contributed by atoms with Crippen LogP contribution in [-0.2, 0) is 0 Å². The molecule has 0 fully saturated rings. The van der Waals surface area contributed by atoms with Gasteiger partial charge in [-0.25, -0.2) is 0 Å². The molecule has 0 spiro atoms. The summed E-state index contributed by atoms with van der Waals surface area (Å²) >= 11 is 5.94. The molecule has 0 saturated heterocycles. The lowest BCUT2D eigenvalue weighted by molar-refractivity contribution is -0.385. The molecule has 1 atom stereocenters. The van der Waals surface area contributed by atoms with E-state index in [0.717, 1.165) is 0 Å². The Hall–Kier alpha value is -2.18. The molecule has 6 nitrogen and oxygen atoms in total. The third kappa shape index (κ3) is 3.04. The molecule has 20 heavy (non-hydrogen) atoms. The van der Waals surface area contributed by atoms with Gasteiger partial charge in [-0.05, 0) is 25.1 Å². The number of nitrogens with two attached hydrogens (primary N) is 1. The number of hydrogen-bond donors (Lipinski definition) is 1. The zero-order valence-electron chi connectivity index (χ0n) is 10.6. The SMILES string of the molecule is C[C@H](N)c1ccc(Oc2c(Cl)cccc2[N+](=O)[O-])cn1. The number of ether oxygens (including phenoxy) is 1. The van der Waals surface area contributed by atoms with Crippen LogP contribution in [0.15, 0.2) is 36.5 Å². The molecule has 0 amide bonds. The van der Waals surface area contributed by atoms with E-state index in [0.29, 0.717) is 11.4 Å². The van der Waals surface area contributed by atoms with Crippen LogP contribution in [0.1, 0.15) is 18.7 Å². The van der Waals surface area contributed by atoms with Crippen LogP contribution < -0.4 is 10.5 Å². The van der Waals surface area contributed by atoms with Gasteiger partial charge in [0.25, 0.3) is 0 Å². The van der Waals surface area contributed by atoms with Gasteiger partial charge in [-0.15, -0.1) is 0 Å². The lowest BCUT2D eigenvalue weighted by Gasteiger charge is -2.09. The minimum atomic E-state index is -0.551. The fourth-order valence-corrected chi connectivity index (χ4v) is 1.79. The first-order valence-corrected chi connectivity index (χ1v) is 6.19. The largest absolute Gasteiger partial charge is 0.447 e. The number of benzene rings is 1. The van der Waals surface area contributed by atoms with E-state index in [-0.39, 0.29) is 22.5 Å². The first kappa shape index (κ1) is 14.2. The molecule has 0 aliphatic heterocycles. The van der Waals surface area contributed by atoms with Crippen LogP contribution in [0.2, 0.25) is 5.02 Å². The van der Waals surface area contributed by atoms with Crippen LogP contribution >= 0.6 is 11.6 Å². The highest BCUT2D eigenvalue weighted by atomic mass is 35.5. The number of rotatable bonds is 4. The number of para-hydroxylation sites is 1. The number of hydrogen-bond acceptors (Lipinski definition) is 5. The molecule has 0 saturated carbocycles. The lowest BCUT2D eigenvalue weighted by Crippen LogP contribution is -2.06. The van der Waals surface area contributed by atoms with Gasteiger partial charge in [0.2, 0.25) is 5.75 Å². The highest BCUT2D eigenvalue weighted by molar-refractivity contribution is 6.32. The van der Waals surface area contributed by atoms with Gasteiger partial charge in [-0.3, -0.25) is 15.1 Å². The standard InChI is InChI=1S/C13H12ClN3O3/c1-8(15)11-6-5-9(7-16-11)20-13-10(14)3-2-4-12(13)17(18)19/h2-8H,15H2,1H3/t8-/m0/s1. The van der Waals surface area contributed by atoms with Crippen molar-refractivity contribution < 1.29 is 9.66 Å². The van der Waals surface area contributed by atoms with E-state index in [1.807, 2.05) is 6.92 Å². The predicted molar refractivity (Wildman–Crippen MR) is 75.0 cm³/mol. The summed E-state index contributed by atoms with van der Waals surface area (Å²) in [4.78, 5) is 14.5. The average molecular weight is 294 g/mol. The number of nitrogens with zero attached hydrogens (tertiary/aromatic N) is 2. The Morgan fingerprint density at radius 3 is 2.70 bits per heavy atom. The molecule has 0 unspecified atom stereocenters. The van der Waals surface area contributed by atoms with Crippen molar-refractivity contribution in [2.75, 3.05) is 0 Å². The topological polar surface area (TPSA) is 91.3 Å². The number of halogens is 1. The van der Waals surface area contributed by atoms with Crippen molar-refractivity contribution in [3.05, 3.63) is 57.4 Å². The third-order valence-electron chi connectivity index (χ3n) is 2.59. The average Bonchev–Trinajstić information content (AvgIpc) is 2.41. The second-order valence-corrected chi connectivity index (χ2v) is 4.56. The Kier molecular flexibility index (Phi) is 4.16. The van der Waals surface area contributed by atoms with Gasteiger partial charge in [0.15, 0.2) is 0 Å². The molecule has 0 aliphatic carbocycles. The van der Waals surface area contributed by atoms with Crippen molar-refractivity contribution in [3.8, 4) is 11.5 Å². The summed E-state index contributed by atoms with van der Waals surface area (Å²) in [5, 5.41) is 11.1. The van der Waals surface area contributed by atoms with E-state index >= 15 is 0 Å². The summed E-state index contributed by atoms with van der Waals surface area (Å²) in [7, 11) is 0. The molecule has 0 aliphatic rings. The number of nitro benzene ring substituents is 1. The van der Waals surface area contributed by atoms with Crippen LogP contribution in [0.5, 0.6) is 11.5 Å². The zero-order valence-corrected chi connectivity index (χ0v) is 11.4. The van der Waals surface area contributed by atoms with Crippen molar-refractivity contribution in [3.63, 3.8) is 0 Å². The number of aromatic nitrogens is 1. The summed E-state index contributed by atoms with van der Waals surface area (Å²) in [5.41, 5.74) is 6.19. The van der Waals surface area contributed by atoms with Crippen LogP contribution in [-0.4, -0.2) is 9.91 Å². The second-order valence-electron chi connectivity index (χ2n) is 4.15. The van der Waals surface area contributed by atoms with Gasteiger partial charge in [0, 0.05) is 12.1 Å². The number of nitro groups is 1. The fourth-order valence-electron chi connectivity index (χ4n) is 1.58. The van der Waals surface area contributed by atoms with E-state index in [2.05, 4.69) is 4.98 Å². The first-order chi connectivity index (χ1) is 9.49. The Balaban J connectivity index is 2.32. The maximum atomic E-state index is 10.9. The van der Waals surface area contributed by atoms with Gasteiger partial charge in [-0.2, -0.15) is 0 Å². The van der Waals surface area contributed by atoms with Crippen LogP contribution in [0.4, 0.5) is 5.69 Å². The third-order valence-corrected chi connectivity index (χ3v) is 2.89. The lowest BCUT2D eigenvalue weighted by atomic mass is 10.2. The summed E-state index contributed by atoms with van der Waals surface area (Å²) in [5.74, 6) is 0.347. The zero-order chi connectivity index (χ0) is 14.7. The summed E-state index contributed by atoms with van der Waals surface area (Å²) in [6, 6.07) is 7.48. The Morgan fingerprint density at radius 1 is 1.40 bits per heavy atom. The molecular formula is C13H12ClN3O3.